The molecule has 0 aromatic carbocycles. The molecule has 0 aliphatic carbocycles. The Morgan fingerprint density at radius 3 is 0.945 bits per heavy atom. The maximum Gasteiger partial charge on any atom is 0.472 e. The Balaban J connectivity index is 4.43. The molecule has 0 aliphatic heterocycles. The predicted molar refractivity (Wildman–Crippen MR) is 371 cm³/mol. The summed E-state index contributed by atoms with van der Waals surface area (Å²) in [6.45, 7) is 2.51. The number of ether oxygens (including phenoxy) is 3. The Morgan fingerprint density at radius 2 is 0.582 bits per heavy atom. The molecule has 0 aliphatic rings. The number of esters is 3. The zero-order valence-corrected chi connectivity index (χ0v) is 58.8. The van der Waals surface area contributed by atoms with E-state index in [9.17, 15) is 43.5 Å². The van der Waals surface area contributed by atoms with Gasteiger partial charge in [-0.2, -0.15) is 0 Å². The van der Waals surface area contributed by atoms with Gasteiger partial charge in [-0.3, -0.25) is 32.5 Å². The molecule has 526 valence electrons. The molecule has 0 bridgehead atoms. The second-order valence-electron chi connectivity index (χ2n) is 23.7. The largest absolute Gasteiger partial charge is 0.472 e. The normalized spacial score (nSPS) is 14.8. The molecule has 0 aromatic rings. The molecule has 0 heterocycles. The number of allylic oxidation sites excluding steroid dienone is 16. The number of aliphatic hydroxyl groups excluding tert-OH is 2. The third kappa shape index (κ3) is 67.7. The van der Waals surface area contributed by atoms with E-state index in [1.807, 2.05) is 0 Å². The minimum Gasteiger partial charge on any atom is -0.463 e. The van der Waals surface area contributed by atoms with Crippen molar-refractivity contribution in [3.63, 3.8) is 0 Å². The molecular weight excluding hydrogens is 1190 g/mol. The number of hydrogen-bond acceptors (Lipinski definition) is 14. The van der Waals surface area contributed by atoms with E-state index < -0.39 is 91.5 Å². The average Bonchev–Trinajstić information content (AvgIpc) is 3.72. The molecule has 4 N–H and O–H groups in total. The minimum atomic E-state index is -4.92. The highest BCUT2D eigenvalue weighted by atomic mass is 31.2. The molecule has 91 heavy (non-hydrogen) atoms. The van der Waals surface area contributed by atoms with Crippen molar-refractivity contribution < 1.29 is 75.8 Å². The third-order valence-electron chi connectivity index (χ3n) is 14.8. The molecule has 5 atom stereocenters. The van der Waals surface area contributed by atoms with Gasteiger partial charge in [-0.25, -0.2) is 9.13 Å². The molecule has 0 saturated carbocycles. The molecule has 0 saturated heterocycles. The summed E-state index contributed by atoms with van der Waals surface area (Å²) >= 11 is 0. The molecule has 0 fully saturated rings. The number of hydrogen-bond donors (Lipinski definition) is 4. The minimum absolute atomic E-state index is 0.105. The van der Waals surface area contributed by atoms with Crippen molar-refractivity contribution in [2.45, 2.75) is 309 Å². The van der Waals surface area contributed by atoms with Crippen molar-refractivity contribution in [1.29, 1.82) is 0 Å². The van der Waals surface area contributed by atoms with Gasteiger partial charge in [0.1, 0.15) is 25.4 Å². The fourth-order valence-corrected chi connectivity index (χ4v) is 11.0. The van der Waals surface area contributed by atoms with Crippen LogP contribution in [0, 0.1) is 0 Å². The van der Waals surface area contributed by atoms with Crippen molar-refractivity contribution >= 4 is 33.6 Å². The summed E-state index contributed by atoms with van der Waals surface area (Å²) < 4.78 is 60.8. The van der Waals surface area contributed by atoms with E-state index in [2.05, 4.69) is 118 Å². The van der Waals surface area contributed by atoms with E-state index in [0.717, 1.165) is 141 Å². The smallest absolute Gasteiger partial charge is 0.463 e. The number of carbonyl (C=O) groups is 3. The Morgan fingerprint density at radius 1 is 0.319 bits per heavy atom. The number of phosphoric acid groups is 2. The molecule has 0 radical (unpaired) electrons. The van der Waals surface area contributed by atoms with E-state index in [1.54, 1.807) is 0 Å². The van der Waals surface area contributed by atoms with E-state index in [4.69, 9.17) is 32.3 Å². The SMILES string of the molecule is CC/C=C\C/C=C\C/C=C\C/C=C\C/C=C\C/C=C\CCCCCCCCCCCCC(=O)OCC(O)COP(=O)(O)OCC(O)COP(=O)(O)OCC(COC(=O)CCCCCCC/C=C\C/C=C\CCCCC)OC(=O)CCCCCCCCCCCCC. The quantitative estimate of drug-likeness (QED) is 0.0146. The van der Waals surface area contributed by atoms with Gasteiger partial charge in [0.25, 0.3) is 0 Å². The van der Waals surface area contributed by atoms with Gasteiger partial charge in [0.2, 0.25) is 0 Å². The first-order valence-corrected chi connectivity index (χ1v) is 38.5. The Bertz CT molecular complexity index is 2050. The summed E-state index contributed by atoms with van der Waals surface area (Å²) in [5.41, 5.74) is 0. The van der Waals surface area contributed by atoms with Crippen molar-refractivity contribution in [3.05, 3.63) is 97.2 Å². The summed E-state index contributed by atoms with van der Waals surface area (Å²) in [6, 6.07) is 0. The second kappa shape index (κ2) is 66.5. The number of carbonyl (C=O) groups excluding carboxylic acids is 3. The Hall–Kier alpha value is -3.53. The summed E-state index contributed by atoms with van der Waals surface area (Å²) in [6.07, 6.45) is 73.3. The highest BCUT2D eigenvalue weighted by Crippen LogP contribution is 2.45. The summed E-state index contributed by atoms with van der Waals surface area (Å²) in [5, 5.41) is 20.5. The predicted octanol–water partition coefficient (Wildman–Crippen LogP) is 19.9. The first kappa shape index (κ1) is 87.5. The number of rotatable bonds is 67. The molecule has 0 aromatic heterocycles. The van der Waals surface area contributed by atoms with Gasteiger partial charge >= 0.3 is 33.6 Å². The summed E-state index contributed by atoms with van der Waals surface area (Å²) in [5.74, 6) is -1.59. The van der Waals surface area contributed by atoms with Crippen LogP contribution in [0.1, 0.15) is 290 Å². The first-order chi connectivity index (χ1) is 44.2. The first-order valence-electron chi connectivity index (χ1n) is 35.5. The van der Waals surface area contributed by atoms with E-state index >= 15 is 0 Å². The van der Waals surface area contributed by atoms with Crippen molar-refractivity contribution in [3.8, 4) is 0 Å². The van der Waals surface area contributed by atoms with Gasteiger partial charge in [-0.1, -0.05) is 266 Å². The van der Waals surface area contributed by atoms with Crippen LogP contribution in [0.25, 0.3) is 0 Å². The molecule has 0 rings (SSSR count). The van der Waals surface area contributed by atoms with Crippen LogP contribution >= 0.6 is 15.6 Å². The number of unbranched alkanes of at least 4 members (excludes halogenated alkanes) is 28. The van der Waals surface area contributed by atoms with Crippen LogP contribution in [-0.4, -0.2) is 95.9 Å². The van der Waals surface area contributed by atoms with Crippen LogP contribution in [0.5, 0.6) is 0 Å². The lowest BCUT2D eigenvalue weighted by molar-refractivity contribution is -0.161. The van der Waals surface area contributed by atoms with Crippen LogP contribution < -0.4 is 0 Å². The van der Waals surface area contributed by atoms with Gasteiger partial charge in [-0.15, -0.1) is 0 Å². The monoisotopic (exact) mass is 1320 g/mol. The Labute approximate surface area is 552 Å². The van der Waals surface area contributed by atoms with Gasteiger partial charge in [0, 0.05) is 19.3 Å². The molecular formula is C73H128O16P2. The maximum absolute atomic E-state index is 12.9. The lowest BCUT2D eigenvalue weighted by Gasteiger charge is -2.21. The van der Waals surface area contributed by atoms with Crippen molar-refractivity contribution in [1.82, 2.24) is 0 Å². The molecule has 16 nitrogen and oxygen atoms in total. The highest BCUT2D eigenvalue weighted by Gasteiger charge is 2.29. The van der Waals surface area contributed by atoms with Gasteiger partial charge in [0.15, 0.2) is 6.10 Å². The topological polar surface area (TPSA) is 231 Å². The fraction of sp³-hybridized carbons (Fsp3) is 0.740. The number of aliphatic hydroxyl groups is 2. The third-order valence-corrected chi connectivity index (χ3v) is 16.7. The van der Waals surface area contributed by atoms with Crippen LogP contribution in [0.15, 0.2) is 97.2 Å². The summed E-state index contributed by atoms with van der Waals surface area (Å²) in [4.78, 5) is 58.3. The Kier molecular flexibility index (Phi) is 63.9. The fourth-order valence-electron chi connectivity index (χ4n) is 9.37. The zero-order chi connectivity index (χ0) is 66.7. The lowest BCUT2D eigenvalue weighted by Crippen LogP contribution is -2.30. The van der Waals surface area contributed by atoms with Crippen LogP contribution in [-0.2, 0) is 55.8 Å². The second-order valence-corrected chi connectivity index (χ2v) is 26.6. The van der Waals surface area contributed by atoms with E-state index in [0.29, 0.717) is 19.3 Å². The molecule has 0 amide bonds. The highest BCUT2D eigenvalue weighted by molar-refractivity contribution is 7.47. The molecule has 5 unspecified atom stereocenters. The molecule has 0 spiro atoms. The van der Waals surface area contributed by atoms with Crippen LogP contribution in [0.4, 0.5) is 0 Å². The maximum atomic E-state index is 12.9. The average molecular weight is 1320 g/mol. The van der Waals surface area contributed by atoms with Gasteiger partial charge < -0.3 is 34.2 Å². The van der Waals surface area contributed by atoms with Gasteiger partial charge in [0.05, 0.1) is 26.4 Å². The van der Waals surface area contributed by atoms with Crippen molar-refractivity contribution in [2.24, 2.45) is 0 Å². The molecule has 18 heteroatoms. The standard InChI is InChI=1S/C73H128O16P2/c1-4-7-10-13-16-19-22-24-26-27-28-29-30-31-32-33-34-35-36-37-38-39-41-43-45-47-50-53-56-59-71(76)83-62-68(74)63-85-90(79,80)86-64-69(75)65-87-91(81,82)88-67-70(89-73(78)61-58-55-52-49-44-21-18-15-12-9-6-3)66-84-72(77)60-57-54-51-48-46-42-40-25-23-20-17-14-11-8-5-2/h7,10,16-17,19-20,24-26,28-29,31-32,34-35,40,68-70,74-75H,4-6,8-9,11-15,18,21-23,27,30,33,36-39,41-67H2,1-3H3,(H,79,80)(H,81,82)/b10-7-,19-16-,20-17-,26-24-,29-28-,32-31-,35-34-,40-25-. The van der Waals surface area contributed by atoms with Crippen LogP contribution in [0.2, 0.25) is 0 Å². The zero-order valence-electron chi connectivity index (χ0n) is 57.0. The van der Waals surface area contributed by atoms with E-state index in [1.165, 1.54) is 89.9 Å². The lowest BCUT2D eigenvalue weighted by atomic mass is 10.1. The number of phosphoric ester groups is 2. The van der Waals surface area contributed by atoms with Crippen molar-refractivity contribution in [2.75, 3.05) is 39.6 Å². The van der Waals surface area contributed by atoms with Crippen LogP contribution in [0.3, 0.4) is 0 Å². The van der Waals surface area contributed by atoms with E-state index in [-0.39, 0.29) is 19.3 Å². The van der Waals surface area contributed by atoms with Gasteiger partial charge in [-0.05, 0) is 103 Å². The summed E-state index contributed by atoms with van der Waals surface area (Å²) in [7, 11) is -9.77.